The Morgan fingerprint density at radius 1 is 1.22 bits per heavy atom. The van der Waals surface area contributed by atoms with Crippen LogP contribution >= 0.6 is 22.9 Å². The van der Waals surface area contributed by atoms with E-state index in [1.807, 2.05) is 0 Å². The summed E-state index contributed by atoms with van der Waals surface area (Å²) in [5, 5.41) is 7.44. The molecule has 0 bridgehead atoms. The first-order chi connectivity index (χ1) is 12.7. The third-order valence-corrected chi connectivity index (χ3v) is 5.66. The van der Waals surface area contributed by atoms with Gasteiger partial charge in [0.25, 0.3) is 0 Å². The van der Waals surface area contributed by atoms with Crippen LogP contribution in [-0.2, 0) is 21.4 Å². The van der Waals surface area contributed by atoms with Crippen molar-refractivity contribution in [2.75, 3.05) is 0 Å². The van der Waals surface area contributed by atoms with Crippen molar-refractivity contribution in [2.45, 2.75) is 11.5 Å². The number of nitrogens with two attached hydrogens (primary N) is 1. The molecule has 0 spiro atoms. The van der Waals surface area contributed by atoms with Gasteiger partial charge in [0.15, 0.2) is 0 Å². The molecule has 0 amide bonds. The number of ether oxygens (including phenoxy) is 1. The molecule has 3 rings (SSSR count). The zero-order valence-corrected chi connectivity index (χ0v) is 15.9. The molecule has 27 heavy (non-hydrogen) atoms. The number of hydrogen-bond acceptors (Lipinski definition) is 6. The van der Waals surface area contributed by atoms with E-state index in [9.17, 15) is 17.6 Å². The molecule has 1 heterocycles. The van der Waals surface area contributed by atoms with Crippen molar-refractivity contribution in [3.8, 4) is 10.6 Å². The molecule has 3 aromatic rings. The lowest BCUT2D eigenvalue weighted by Gasteiger charge is -2.06. The van der Waals surface area contributed by atoms with Gasteiger partial charge in [-0.05, 0) is 42.5 Å². The summed E-state index contributed by atoms with van der Waals surface area (Å²) < 4.78 is 41.0. The molecule has 0 aliphatic heterocycles. The lowest BCUT2D eigenvalue weighted by Crippen LogP contribution is -2.14. The third kappa shape index (κ3) is 4.69. The second-order valence-electron chi connectivity index (χ2n) is 5.41. The van der Waals surface area contributed by atoms with Gasteiger partial charge in [0.1, 0.15) is 17.4 Å². The number of hydrogen-bond donors (Lipinski definition) is 1. The maximum absolute atomic E-state index is 13.0. The van der Waals surface area contributed by atoms with Crippen molar-refractivity contribution in [3.05, 3.63) is 69.9 Å². The average molecular weight is 427 g/mol. The van der Waals surface area contributed by atoms with E-state index >= 15 is 0 Å². The number of benzene rings is 2. The van der Waals surface area contributed by atoms with Crippen LogP contribution in [0.1, 0.15) is 16.1 Å². The number of esters is 1. The number of nitrogens with zero attached hydrogens (tertiary/aromatic N) is 1. The lowest BCUT2D eigenvalue weighted by atomic mass is 10.2. The third-order valence-electron chi connectivity index (χ3n) is 3.48. The van der Waals surface area contributed by atoms with Crippen LogP contribution in [0.2, 0.25) is 5.02 Å². The highest BCUT2D eigenvalue weighted by Crippen LogP contribution is 2.25. The summed E-state index contributed by atoms with van der Waals surface area (Å²) in [6, 6.07) is 9.38. The van der Waals surface area contributed by atoms with E-state index < -0.39 is 16.0 Å². The first kappa shape index (κ1) is 19.4. The molecule has 0 radical (unpaired) electrons. The molecule has 0 aliphatic rings. The molecule has 0 atom stereocenters. The second-order valence-corrected chi connectivity index (χ2v) is 8.24. The Morgan fingerprint density at radius 2 is 1.93 bits per heavy atom. The fourth-order valence-corrected chi connectivity index (χ4v) is 3.70. The summed E-state index contributed by atoms with van der Waals surface area (Å²) in [5.41, 5.74) is 1.12. The van der Waals surface area contributed by atoms with Gasteiger partial charge in [0, 0.05) is 10.9 Å². The van der Waals surface area contributed by atoms with Gasteiger partial charge in [-0.15, -0.1) is 11.3 Å². The van der Waals surface area contributed by atoms with Gasteiger partial charge < -0.3 is 4.74 Å². The molecule has 0 saturated carbocycles. The van der Waals surface area contributed by atoms with Crippen LogP contribution in [0.5, 0.6) is 0 Å². The van der Waals surface area contributed by atoms with Gasteiger partial charge >= 0.3 is 5.97 Å². The maximum Gasteiger partial charge on any atom is 0.340 e. The molecule has 0 fully saturated rings. The minimum atomic E-state index is -3.98. The fraction of sp³-hybridized carbons (Fsp3) is 0.0588. The Balaban J connectivity index is 1.72. The molecular weight excluding hydrogens is 415 g/mol. The highest BCUT2D eigenvalue weighted by atomic mass is 35.5. The summed E-state index contributed by atoms with van der Waals surface area (Å²) in [6.45, 7) is -0.132. The van der Waals surface area contributed by atoms with E-state index in [-0.39, 0.29) is 27.9 Å². The van der Waals surface area contributed by atoms with E-state index in [4.69, 9.17) is 21.5 Å². The van der Waals surface area contributed by atoms with E-state index in [0.717, 1.165) is 11.6 Å². The smallest absolute Gasteiger partial charge is 0.340 e. The van der Waals surface area contributed by atoms with Crippen LogP contribution in [0.15, 0.2) is 52.7 Å². The first-order valence-corrected chi connectivity index (χ1v) is 10.2. The largest absolute Gasteiger partial charge is 0.456 e. The molecule has 10 heteroatoms. The normalized spacial score (nSPS) is 11.4. The van der Waals surface area contributed by atoms with Gasteiger partial charge in [-0.1, -0.05) is 11.6 Å². The van der Waals surface area contributed by atoms with E-state index in [1.165, 1.54) is 35.6 Å². The summed E-state index contributed by atoms with van der Waals surface area (Å²) in [4.78, 5) is 16.3. The summed E-state index contributed by atoms with van der Waals surface area (Å²) in [5.74, 6) is -1.15. The Kier molecular flexibility index (Phi) is 5.56. The molecular formula is C17H12ClFN2O4S2. The lowest BCUT2D eigenvalue weighted by molar-refractivity contribution is 0.0468. The molecule has 0 unspecified atom stereocenters. The van der Waals surface area contributed by atoms with Gasteiger partial charge in [-0.2, -0.15) is 0 Å². The molecule has 2 aromatic carbocycles. The molecule has 1 aromatic heterocycles. The zero-order valence-electron chi connectivity index (χ0n) is 13.6. The maximum atomic E-state index is 13.0. The summed E-state index contributed by atoms with van der Waals surface area (Å²) >= 11 is 7.26. The molecule has 2 N–H and O–H groups in total. The zero-order chi connectivity index (χ0) is 19.6. The highest BCUT2D eigenvalue weighted by molar-refractivity contribution is 7.89. The quantitative estimate of drug-likeness (QED) is 0.628. The summed E-state index contributed by atoms with van der Waals surface area (Å²) in [6.07, 6.45) is 0. The Morgan fingerprint density at radius 3 is 2.59 bits per heavy atom. The van der Waals surface area contributed by atoms with Gasteiger partial charge in [-0.3, -0.25) is 0 Å². The number of thiazole rings is 1. The molecule has 0 aliphatic carbocycles. The van der Waals surface area contributed by atoms with Crippen molar-refractivity contribution < 1.29 is 22.3 Å². The van der Waals surface area contributed by atoms with E-state index in [1.54, 1.807) is 17.5 Å². The minimum absolute atomic E-state index is 0.0395. The topological polar surface area (TPSA) is 99.4 Å². The Labute approximate surface area is 163 Å². The Hall–Kier alpha value is -2.33. The standard InChI is InChI=1S/C17H12ClFN2O4S2/c18-15-6-5-13(27(20,23)24)7-14(15)17(22)25-8-12-9-26-16(21-12)10-1-3-11(19)4-2-10/h1-7,9H,8H2,(H2,20,23,24). The number of primary sulfonamides is 1. The van der Waals surface area contributed by atoms with Crippen molar-refractivity contribution >= 4 is 38.9 Å². The Bertz CT molecular complexity index is 1100. The van der Waals surface area contributed by atoms with Crippen LogP contribution < -0.4 is 5.14 Å². The van der Waals surface area contributed by atoms with Crippen molar-refractivity contribution in [1.82, 2.24) is 4.98 Å². The molecule has 0 saturated heterocycles. The number of rotatable bonds is 5. The number of sulfonamides is 1. The first-order valence-electron chi connectivity index (χ1n) is 7.44. The van der Waals surface area contributed by atoms with Gasteiger partial charge in [0.2, 0.25) is 10.0 Å². The van der Waals surface area contributed by atoms with Crippen molar-refractivity contribution in [3.63, 3.8) is 0 Å². The number of carbonyl (C=O) groups excluding carboxylic acids is 1. The van der Waals surface area contributed by atoms with Crippen molar-refractivity contribution in [1.29, 1.82) is 0 Å². The predicted molar refractivity (Wildman–Crippen MR) is 99.5 cm³/mol. The van der Waals surface area contributed by atoms with Gasteiger partial charge in [-0.25, -0.2) is 27.7 Å². The monoisotopic (exact) mass is 426 g/mol. The van der Waals surface area contributed by atoms with Crippen LogP contribution in [0.3, 0.4) is 0 Å². The number of halogens is 2. The predicted octanol–water partition coefficient (Wildman–Crippen LogP) is 3.61. The molecule has 6 nitrogen and oxygen atoms in total. The number of carbonyl (C=O) groups is 1. The minimum Gasteiger partial charge on any atom is -0.456 e. The van der Waals surface area contributed by atoms with E-state index in [2.05, 4.69) is 4.98 Å². The average Bonchev–Trinajstić information content (AvgIpc) is 3.08. The highest BCUT2D eigenvalue weighted by Gasteiger charge is 2.17. The van der Waals surface area contributed by atoms with E-state index in [0.29, 0.717) is 10.7 Å². The number of aromatic nitrogens is 1. The van der Waals surface area contributed by atoms with Crippen molar-refractivity contribution in [2.24, 2.45) is 5.14 Å². The SMILES string of the molecule is NS(=O)(=O)c1ccc(Cl)c(C(=O)OCc2csc(-c3ccc(F)cc3)n2)c1. The van der Waals surface area contributed by atoms with Gasteiger partial charge in [0.05, 0.1) is 21.2 Å². The second kappa shape index (κ2) is 7.73. The molecule has 140 valence electrons. The summed E-state index contributed by atoms with van der Waals surface area (Å²) in [7, 11) is -3.98. The van der Waals surface area contributed by atoms with Crippen LogP contribution in [-0.4, -0.2) is 19.4 Å². The van der Waals surface area contributed by atoms with Crippen LogP contribution in [0.4, 0.5) is 4.39 Å². The van der Waals surface area contributed by atoms with Crippen LogP contribution in [0.25, 0.3) is 10.6 Å². The fourth-order valence-electron chi connectivity index (χ4n) is 2.15. The van der Waals surface area contributed by atoms with Crippen LogP contribution in [0, 0.1) is 5.82 Å².